The molecule has 0 unspecified atom stereocenters. The topological polar surface area (TPSA) is 4.93 Å². The summed E-state index contributed by atoms with van der Waals surface area (Å²) in [6.45, 7) is 14.0. The fourth-order valence-electron chi connectivity index (χ4n) is 14.7. The molecule has 65 heavy (non-hydrogen) atoms. The van der Waals surface area contributed by atoms with Gasteiger partial charge in [-0.2, -0.15) is 0 Å². The zero-order valence-electron chi connectivity index (χ0n) is 38.7. The van der Waals surface area contributed by atoms with Crippen molar-refractivity contribution in [2.75, 3.05) is 0 Å². The molecule has 4 aliphatic rings. The van der Waals surface area contributed by atoms with Crippen molar-refractivity contribution in [3.05, 3.63) is 171 Å². The molecule has 3 heteroatoms. The average molecular weight is 834 g/mol. The van der Waals surface area contributed by atoms with Crippen molar-refractivity contribution in [2.24, 2.45) is 0 Å². The van der Waals surface area contributed by atoms with Crippen molar-refractivity contribution >= 4 is 89.6 Å². The van der Waals surface area contributed by atoms with Gasteiger partial charge in [-0.1, -0.05) is 137 Å². The fraction of sp³-hybridized carbons (Fsp3) is 0.226. The van der Waals surface area contributed by atoms with Crippen LogP contribution in [0.4, 0.5) is 0 Å². The van der Waals surface area contributed by atoms with Gasteiger partial charge in [0, 0.05) is 27.5 Å². The smallest absolute Gasteiger partial charge is 0.247 e. The van der Waals surface area contributed by atoms with Crippen LogP contribution in [0.2, 0.25) is 0 Å². The summed E-state index contributed by atoms with van der Waals surface area (Å²) in [6, 6.07) is 46.6. The molecule has 3 heterocycles. The Bertz CT molecular complexity index is 3700. The first kappa shape index (κ1) is 38.0. The van der Waals surface area contributed by atoms with Gasteiger partial charge in [0.1, 0.15) is 0 Å². The molecule has 0 N–H and O–H groups in total. The minimum Gasteiger partial charge on any atom is -0.311 e. The number of fused-ring (bicyclic) bond motifs is 7. The molecule has 312 valence electrons. The number of nitrogens with zero attached hydrogens (tertiary/aromatic N) is 1. The second-order valence-electron chi connectivity index (χ2n) is 20.7. The van der Waals surface area contributed by atoms with E-state index in [-0.39, 0.29) is 13.4 Å². The highest BCUT2D eigenvalue weighted by Crippen LogP contribution is 2.47. The van der Waals surface area contributed by atoms with Crippen LogP contribution in [-0.2, 0) is 25.7 Å². The molecule has 0 fully saturated rings. The van der Waals surface area contributed by atoms with Gasteiger partial charge in [-0.25, -0.2) is 0 Å². The van der Waals surface area contributed by atoms with Crippen molar-refractivity contribution in [3.63, 3.8) is 0 Å². The van der Waals surface area contributed by atoms with Gasteiger partial charge in [0.05, 0.1) is 0 Å². The zero-order chi connectivity index (χ0) is 43.6. The van der Waals surface area contributed by atoms with Crippen LogP contribution in [0.25, 0.3) is 71.3 Å². The normalized spacial score (nSPS) is 15.0. The molecule has 2 aliphatic carbocycles. The lowest BCUT2D eigenvalue weighted by molar-refractivity contribution is 0.688. The average Bonchev–Trinajstić information content (AvgIpc) is 3.67. The molecule has 0 radical (unpaired) electrons. The minimum atomic E-state index is 0.0757. The summed E-state index contributed by atoms with van der Waals surface area (Å²) in [7, 11) is 0. The van der Waals surface area contributed by atoms with Gasteiger partial charge in [-0.3, -0.25) is 0 Å². The maximum absolute atomic E-state index is 2.85. The van der Waals surface area contributed by atoms with E-state index in [0.29, 0.717) is 0 Å². The van der Waals surface area contributed by atoms with E-state index < -0.39 is 0 Å². The molecule has 14 rings (SSSR count). The van der Waals surface area contributed by atoms with E-state index in [1.54, 1.807) is 27.7 Å². The number of hydrogen-bond donors (Lipinski definition) is 0. The highest BCUT2D eigenvalue weighted by atomic mass is 15.0. The van der Waals surface area contributed by atoms with E-state index >= 15 is 0 Å². The standard InChI is InChI=1S/C62H53B2N/c1-34-29-36(3)54(37(4)30-34)46-19-11-13-21-49(46)63-51-28-26-48-56-42-17-9-7-15-40(42)23-24-44(56)45-25-27-52-61-57(45)58(48)60(51)65(61)62-53(63)33-41-16-8-10-18-43(41)59(62)64(52)50-22-14-12-20-47(50)55-38(5)31-35(2)32-39(55)6/h11-14,19-33H,7-10,15-18H2,1-6H3. The van der Waals surface area contributed by atoms with Crippen LogP contribution >= 0.6 is 0 Å². The van der Waals surface area contributed by atoms with Crippen LogP contribution in [-0.4, -0.2) is 18.0 Å². The third kappa shape index (κ3) is 5.03. The molecule has 0 bridgehead atoms. The molecular formula is C62H53B2N. The summed E-state index contributed by atoms with van der Waals surface area (Å²) in [5, 5.41) is 8.78. The first-order valence-electron chi connectivity index (χ1n) is 24.6. The second kappa shape index (κ2) is 13.6. The van der Waals surface area contributed by atoms with E-state index in [0.717, 1.165) is 12.8 Å². The first-order valence-corrected chi connectivity index (χ1v) is 24.6. The van der Waals surface area contributed by atoms with Gasteiger partial charge in [0.25, 0.3) is 0 Å². The van der Waals surface area contributed by atoms with Gasteiger partial charge in [-0.05, 0) is 203 Å². The van der Waals surface area contributed by atoms with Crippen LogP contribution in [0, 0.1) is 41.5 Å². The Balaban J connectivity index is 1.19. The van der Waals surface area contributed by atoms with Crippen LogP contribution in [0.15, 0.2) is 115 Å². The van der Waals surface area contributed by atoms with Crippen molar-refractivity contribution in [1.29, 1.82) is 0 Å². The number of hydrogen-bond acceptors (Lipinski definition) is 0. The summed E-state index contributed by atoms with van der Waals surface area (Å²) in [5.74, 6) is 0. The lowest BCUT2D eigenvalue weighted by Gasteiger charge is -2.38. The molecule has 0 amide bonds. The predicted octanol–water partition coefficient (Wildman–Crippen LogP) is 11.1. The van der Waals surface area contributed by atoms with Crippen molar-refractivity contribution in [3.8, 4) is 27.9 Å². The van der Waals surface area contributed by atoms with E-state index in [1.807, 2.05) is 0 Å². The quantitative estimate of drug-likeness (QED) is 0.123. The van der Waals surface area contributed by atoms with Crippen LogP contribution in [0.1, 0.15) is 81.3 Å². The second-order valence-corrected chi connectivity index (χ2v) is 20.7. The van der Waals surface area contributed by atoms with Gasteiger partial charge in [0.15, 0.2) is 0 Å². The Labute approximate surface area is 384 Å². The molecular weight excluding hydrogens is 780 g/mol. The van der Waals surface area contributed by atoms with E-state index in [1.165, 1.54) is 171 Å². The summed E-state index contributed by atoms with van der Waals surface area (Å²) in [5.41, 5.74) is 33.2. The van der Waals surface area contributed by atoms with Gasteiger partial charge in [0.2, 0.25) is 13.4 Å². The number of aromatic nitrogens is 1. The predicted molar refractivity (Wildman–Crippen MR) is 282 cm³/mol. The Morgan fingerprint density at radius 2 is 0.892 bits per heavy atom. The zero-order valence-corrected chi connectivity index (χ0v) is 38.7. The van der Waals surface area contributed by atoms with Crippen molar-refractivity contribution < 1.29 is 0 Å². The summed E-state index contributed by atoms with van der Waals surface area (Å²) in [4.78, 5) is 0. The summed E-state index contributed by atoms with van der Waals surface area (Å²) >= 11 is 0. The first-order chi connectivity index (χ1) is 31.8. The summed E-state index contributed by atoms with van der Waals surface area (Å²) < 4.78 is 2.85. The maximum Gasteiger partial charge on any atom is 0.247 e. The monoisotopic (exact) mass is 833 g/mol. The Morgan fingerprint density at radius 3 is 1.54 bits per heavy atom. The highest BCUT2D eigenvalue weighted by Gasteiger charge is 2.45. The summed E-state index contributed by atoms with van der Waals surface area (Å²) in [6.07, 6.45) is 9.67. The lowest BCUT2D eigenvalue weighted by atomic mass is 9.30. The number of rotatable bonds is 4. The van der Waals surface area contributed by atoms with Crippen molar-refractivity contribution in [1.82, 2.24) is 4.57 Å². The molecule has 10 aromatic rings. The molecule has 1 nitrogen and oxygen atoms in total. The molecule has 2 aliphatic heterocycles. The van der Waals surface area contributed by atoms with Crippen LogP contribution in [0.3, 0.4) is 0 Å². The highest BCUT2D eigenvalue weighted by molar-refractivity contribution is 7.03. The third-order valence-electron chi connectivity index (χ3n) is 16.8. The third-order valence-corrected chi connectivity index (χ3v) is 16.8. The maximum atomic E-state index is 2.85. The molecule has 1 aromatic heterocycles. The lowest BCUT2D eigenvalue weighted by Crippen LogP contribution is -2.64. The molecule has 0 atom stereocenters. The van der Waals surface area contributed by atoms with Gasteiger partial charge >= 0.3 is 0 Å². The van der Waals surface area contributed by atoms with Gasteiger partial charge < -0.3 is 4.57 Å². The molecule has 0 saturated carbocycles. The molecule has 0 spiro atoms. The molecule has 9 aromatic carbocycles. The Hall–Kier alpha value is -6.31. The van der Waals surface area contributed by atoms with E-state index in [9.17, 15) is 0 Å². The minimum absolute atomic E-state index is 0.0757. The van der Waals surface area contributed by atoms with E-state index in [4.69, 9.17) is 0 Å². The van der Waals surface area contributed by atoms with Crippen LogP contribution < -0.4 is 32.8 Å². The Kier molecular flexibility index (Phi) is 7.96. The fourth-order valence-corrected chi connectivity index (χ4v) is 14.7. The number of benzene rings is 9. The van der Waals surface area contributed by atoms with Crippen LogP contribution in [0.5, 0.6) is 0 Å². The number of aryl methyl sites for hydroxylation is 9. The Morgan fingerprint density at radius 1 is 0.400 bits per heavy atom. The molecule has 0 saturated heterocycles. The van der Waals surface area contributed by atoms with E-state index in [2.05, 4.69) is 161 Å². The van der Waals surface area contributed by atoms with Crippen molar-refractivity contribution in [2.45, 2.75) is 92.9 Å². The SMILES string of the molecule is Cc1cc(C)c(-c2ccccc2B2c3c4c(cc5c3-n3c6c2ccc2c7ccc8c(c7c7ccc(c3c7c26)B5c2ccccc2-c2c(C)cc(C)cc2C)CCCC8)CCCC4)c(C)c1. The van der Waals surface area contributed by atoms with Gasteiger partial charge in [-0.15, -0.1) is 0 Å². The largest absolute Gasteiger partial charge is 0.311 e.